The quantitative estimate of drug-likeness (QED) is 0.213. The van der Waals surface area contributed by atoms with Gasteiger partial charge >= 0.3 is 5.97 Å². The minimum atomic E-state index is -1.10. The number of aromatic nitrogens is 2. The van der Waals surface area contributed by atoms with Crippen molar-refractivity contribution in [2.45, 2.75) is 30.2 Å². The van der Waals surface area contributed by atoms with E-state index in [1.54, 1.807) is 36.5 Å². The van der Waals surface area contributed by atoms with E-state index in [1.807, 2.05) is 24.5 Å². The largest absolute Gasteiger partial charge is 0.480 e. The van der Waals surface area contributed by atoms with Gasteiger partial charge in [0.2, 0.25) is 0 Å². The van der Waals surface area contributed by atoms with Gasteiger partial charge in [-0.25, -0.2) is 18.6 Å². The summed E-state index contributed by atoms with van der Waals surface area (Å²) in [7, 11) is 0. The fraction of sp³-hybridized carbons (Fsp3) is 0.185. The number of carboxylic acids is 1. The molecule has 1 aromatic heterocycles. The zero-order valence-corrected chi connectivity index (χ0v) is 22.2. The Balaban J connectivity index is 1.72. The first-order valence-corrected chi connectivity index (χ1v) is 12.9. The van der Waals surface area contributed by atoms with Crippen molar-refractivity contribution < 1.29 is 23.4 Å². The van der Waals surface area contributed by atoms with E-state index >= 15 is 0 Å². The minimum absolute atomic E-state index is 0.267. The Bertz CT molecular complexity index is 1440. The van der Waals surface area contributed by atoms with E-state index in [1.165, 1.54) is 36.0 Å². The number of carbonyl (C=O) groups is 1. The smallest absolute Gasteiger partial charge is 0.341 e. The van der Waals surface area contributed by atoms with Crippen LogP contribution in [-0.4, -0.2) is 27.2 Å². The molecule has 10 heteroatoms. The van der Waals surface area contributed by atoms with Gasteiger partial charge < -0.3 is 9.84 Å². The van der Waals surface area contributed by atoms with E-state index in [4.69, 9.17) is 33.0 Å². The summed E-state index contributed by atoms with van der Waals surface area (Å²) in [5.74, 6) is -1.16. The highest BCUT2D eigenvalue weighted by molar-refractivity contribution is 7.98. The van der Waals surface area contributed by atoms with Gasteiger partial charge in [-0.05, 0) is 59.7 Å². The second-order valence-electron chi connectivity index (χ2n) is 8.71. The molecule has 0 fully saturated rings. The third-order valence-electron chi connectivity index (χ3n) is 5.83. The van der Waals surface area contributed by atoms with E-state index in [0.29, 0.717) is 21.6 Å². The molecule has 5 nitrogen and oxygen atoms in total. The molecule has 0 unspecified atom stereocenters. The second kappa shape index (κ2) is 11.1. The first-order valence-electron chi connectivity index (χ1n) is 11.1. The van der Waals surface area contributed by atoms with Gasteiger partial charge in [-0.15, -0.1) is 0 Å². The molecule has 0 saturated carbocycles. The number of carboxylic acid groups (broad SMARTS) is 1. The van der Waals surface area contributed by atoms with Gasteiger partial charge in [-0.3, -0.25) is 4.57 Å². The number of aliphatic carboxylic acids is 1. The molecule has 3 aromatic carbocycles. The SMILES string of the molecule is CC(C)(c1ccc(OCC(=O)O)c(Cl)c1)c1cnc(SCc2ccc(F)cc2Cl)n1-c1ccc(F)cc1. The van der Waals surface area contributed by atoms with Gasteiger partial charge in [-0.1, -0.05) is 60.9 Å². The lowest BCUT2D eigenvalue weighted by molar-refractivity contribution is -0.139. The zero-order chi connectivity index (χ0) is 26.7. The average Bonchev–Trinajstić information content (AvgIpc) is 3.28. The fourth-order valence-electron chi connectivity index (χ4n) is 3.79. The number of benzene rings is 3. The normalized spacial score (nSPS) is 11.5. The Morgan fingerprint density at radius 2 is 1.73 bits per heavy atom. The van der Waals surface area contributed by atoms with Crippen LogP contribution in [0.15, 0.2) is 72.0 Å². The van der Waals surface area contributed by atoms with Crippen molar-refractivity contribution in [1.82, 2.24) is 9.55 Å². The first-order chi connectivity index (χ1) is 17.6. The number of rotatable bonds is 9. The van der Waals surface area contributed by atoms with Gasteiger partial charge in [0.25, 0.3) is 0 Å². The molecule has 0 aliphatic heterocycles. The van der Waals surface area contributed by atoms with Crippen molar-refractivity contribution >= 4 is 40.9 Å². The highest BCUT2D eigenvalue weighted by Crippen LogP contribution is 2.39. The maximum atomic E-state index is 13.7. The van der Waals surface area contributed by atoms with Crippen LogP contribution >= 0.6 is 35.0 Å². The lowest BCUT2D eigenvalue weighted by atomic mass is 9.81. The number of halogens is 4. The van der Waals surface area contributed by atoms with Gasteiger partial charge in [0.05, 0.1) is 16.9 Å². The number of nitrogens with zero attached hydrogens (tertiary/aromatic N) is 2. The Morgan fingerprint density at radius 3 is 2.38 bits per heavy atom. The maximum absolute atomic E-state index is 13.7. The van der Waals surface area contributed by atoms with Crippen LogP contribution in [0.2, 0.25) is 10.0 Å². The predicted octanol–water partition coefficient (Wildman–Crippen LogP) is 7.54. The van der Waals surface area contributed by atoms with Gasteiger partial charge in [0.1, 0.15) is 17.4 Å². The number of imidazole rings is 1. The van der Waals surface area contributed by atoms with E-state index in [2.05, 4.69) is 4.98 Å². The highest BCUT2D eigenvalue weighted by Gasteiger charge is 2.30. The van der Waals surface area contributed by atoms with Crippen LogP contribution in [0.3, 0.4) is 0 Å². The van der Waals surface area contributed by atoms with Crippen LogP contribution in [0.5, 0.6) is 5.75 Å². The van der Waals surface area contributed by atoms with Crippen molar-refractivity contribution in [3.63, 3.8) is 0 Å². The molecule has 1 heterocycles. The molecule has 4 rings (SSSR count). The van der Waals surface area contributed by atoms with Crippen molar-refractivity contribution in [3.05, 3.63) is 105 Å². The van der Waals surface area contributed by atoms with Crippen molar-refractivity contribution in [1.29, 1.82) is 0 Å². The van der Waals surface area contributed by atoms with Crippen molar-refractivity contribution in [3.8, 4) is 11.4 Å². The molecule has 1 N–H and O–H groups in total. The van der Waals surface area contributed by atoms with Crippen molar-refractivity contribution in [2.75, 3.05) is 6.61 Å². The van der Waals surface area contributed by atoms with E-state index in [0.717, 1.165) is 16.8 Å². The molecule has 0 aliphatic carbocycles. The van der Waals surface area contributed by atoms with Crippen LogP contribution in [0.4, 0.5) is 8.78 Å². The van der Waals surface area contributed by atoms with Crippen LogP contribution in [0, 0.1) is 11.6 Å². The first kappa shape index (κ1) is 27.0. The summed E-state index contributed by atoms with van der Waals surface area (Å²) in [6.07, 6.45) is 1.75. The number of thioether (sulfide) groups is 1. The summed E-state index contributed by atoms with van der Waals surface area (Å²) < 4.78 is 34.4. The topological polar surface area (TPSA) is 64.3 Å². The Kier molecular flexibility index (Phi) is 8.11. The lowest BCUT2D eigenvalue weighted by Crippen LogP contribution is -2.23. The van der Waals surface area contributed by atoms with Gasteiger partial charge in [0, 0.05) is 21.9 Å². The van der Waals surface area contributed by atoms with Gasteiger partial charge in [-0.2, -0.15) is 0 Å². The molecule has 37 heavy (non-hydrogen) atoms. The summed E-state index contributed by atoms with van der Waals surface area (Å²) in [5, 5.41) is 10.1. The number of hydrogen-bond donors (Lipinski definition) is 1. The van der Waals surface area contributed by atoms with Crippen molar-refractivity contribution in [2.24, 2.45) is 0 Å². The summed E-state index contributed by atoms with van der Waals surface area (Å²) in [6, 6.07) is 15.5. The molecular formula is C27H22Cl2F2N2O3S. The van der Waals surface area contributed by atoms with Gasteiger partial charge in [0.15, 0.2) is 11.8 Å². The number of hydrogen-bond acceptors (Lipinski definition) is 4. The molecule has 0 bridgehead atoms. The van der Waals surface area contributed by atoms with E-state index in [9.17, 15) is 13.6 Å². The Hall–Kier alpha value is -3.07. The summed E-state index contributed by atoms with van der Waals surface area (Å²) in [6.45, 7) is 3.50. The van der Waals surface area contributed by atoms with Crippen LogP contribution in [0.25, 0.3) is 5.69 Å². The molecule has 0 atom stereocenters. The predicted molar refractivity (Wildman–Crippen MR) is 141 cm³/mol. The molecule has 4 aromatic rings. The number of ether oxygens (including phenoxy) is 1. The summed E-state index contributed by atoms with van der Waals surface area (Å²) in [4.78, 5) is 15.5. The average molecular weight is 563 g/mol. The Morgan fingerprint density at radius 1 is 1.03 bits per heavy atom. The second-order valence-corrected chi connectivity index (χ2v) is 10.5. The monoisotopic (exact) mass is 562 g/mol. The maximum Gasteiger partial charge on any atom is 0.341 e. The van der Waals surface area contributed by atoms with E-state index in [-0.39, 0.29) is 16.6 Å². The molecule has 0 radical (unpaired) electrons. The molecule has 0 amide bonds. The van der Waals surface area contributed by atoms with Crippen LogP contribution < -0.4 is 4.74 Å². The van der Waals surface area contributed by atoms with Crippen LogP contribution in [0.1, 0.15) is 30.7 Å². The lowest BCUT2D eigenvalue weighted by Gasteiger charge is -2.28. The van der Waals surface area contributed by atoms with Crippen LogP contribution in [-0.2, 0) is 16.0 Å². The summed E-state index contributed by atoms with van der Waals surface area (Å²) in [5.41, 5.74) is 2.49. The molecular weight excluding hydrogens is 541 g/mol. The molecule has 0 saturated heterocycles. The third kappa shape index (κ3) is 6.09. The third-order valence-corrected chi connectivity index (χ3v) is 7.48. The van der Waals surface area contributed by atoms with E-state index < -0.39 is 23.8 Å². The summed E-state index contributed by atoms with van der Waals surface area (Å²) >= 11 is 14.0. The molecule has 192 valence electrons. The molecule has 0 aliphatic rings. The molecule has 0 spiro atoms. The fourth-order valence-corrected chi connectivity index (χ4v) is 5.34. The standard InChI is InChI=1S/C27H22Cl2F2N2O3S/c1-27(2,17-4-10-23(22(29)11-17)36-14-25(34)35)24-13-32-26(33(24)20-8-6-18(30)7-9-20)37-15-16-3-5-19(31)12-21(16)28/h3-13H,14-15H2,1-2H3,(H,34,35). The Labute approximate surface area is 227 Å². The zero-order valence-electron chi connectivity index (χ0n) is 19.8. The minimum Gasteiger partial charge on any atom is -0.480 e. The highest BCUT2D eigenvalue weighted by atomic mass is 35.5.